The van der Waals surface area contributed by atoms with Gasteiger partial charge in [-0.15, -0.1) is 0 Å². The predicted molar refractivity (Wildman–Crippen MR) is 48.5 cm³/mol. The van der Waals surface area contributed by atoms with Gasteiger partial charge in [0.2, 0.25) is 0 Å². The highest BCUT2D eigenvalue weighted by molar-refractivity contribution is 5.72. The minimum Gasteiger partial charge on any atom is -0.479 e. The van der Waals surface area contributed by atoms with E-state index in [0.29, 0.717) is 5.56 Å². The first-order chi connectivity index (χ1) is 6.52. The van der Waals surface area contributed by atoms with Crippen LogP contribution in [0.3, 0.4) is 0 Å². The molecule has 1 rings (SSSR count). The highest BCUT2D eigenvalue weighted by atomic mass is 19.1. The number of aliphatic hydroxyl groups excluding tert-OH is 1. The number of carboxylic acid groups (broad SMARTS) is 1. The van der Waals surface area contributed by atoms with E-state index < -0.39 is 17.9 Å². The Morgan fingerprint density at radius 1 is 1.57 bits per heavy atom. The molecule has 0 aromatic heterocycles. The standard InChI is InChI=1S/C10H11FO3/c1-6-3-2-4-8(11)7(6)5-9(12)10(13)14/h2-4,9,12H,5H2,1H3,(H,13,14). The van der Waals surface area contributed by atoms with Gasteiger partial charge in [0.15, 0.2) is 6.10 Å². The van der Waals surface area contributed by atoms with Crippen molar-refractivity contribution in [2.75, 3.05) is 0 Å². The van der Waals surface area contributed by atoms with Crippen LogP contribution < -0.4 is 0 Å². The van der Waals surface area contributed by atoms with Crippen LogP contribution in [0, 0.1) is 12.7 Å². The average molecular weight is 198 g/mol. The Labute approximate surface area is 80.8 Å². The second kappa shape index (κ2) is 4.19. The van der Waals surface area contributed by atoms with Crippen LogP contribution >= 0.6 is 0 Å². The van der Waals surface area contributed by atoms with Crippen LogP contribution in [0.5, 0.6) is 0 Å². The highest BCUT2D eigenvalue weighted by Gasteiger charge is 2.17. The van der Waals surface area contributed by atoms with Gasteiger partial charge in [-0.1, -0.05) is 12.1 Å². The molecule has 3 nitrogen and oxygen atoms in total. The number of rotatable bonds is 3. The smallest absolute Gasteiger partial charge is 0.332 e. The molecular formula is C10H11FO3. The molecule has 1 unspecified atom stereocenters. The van der Waals surface area contributed by atoms with E-state index in [0.717, 1.165) is 0 Å². The summed E-state index contributed by atoms with van der Waals surface area (Å²) in [5.41, 5.74) is 0.896. The summed E-state index contributed by atoms with van der Waals surface area (Å²) >= 11 is 0. The Kier molecular flexibility index (Phi) is 3.19. The normalized spacial score (nSPS) is 12.5. The van der Waals surface area contributed by atoms with Gasteiger partial charge in [0.1, 0.15) is 5.82 Å². The van der Waals surface area contributed by atoms with E-state index in [2.05, 4.69) is 0 Å². The number of hydrogen-bond acceptors (Lipinski definition) is 2. The molecule has 0 amide bonds. The van der Waals surface area contributed by atoms with E-state index >= 15 is 0 Å². The summed E-state index contributed by atoms with van der Waals surface area (Å²) in [6.45, 7) is 1.67. The Bertz CT molecular complexity index is 329. The van der Waals surface area contributed by atoms with Crippen molar-refractivity contribution in [3.05, 3.63) is 35.1 Å². The number of aliphatic carboxylic acids is 1. The largest absolute Gasteiger partial charge is 0.479 e. The molecule has 0 radical (unpaired) electrons. The van der Waals surface area contributed by atoms with Crippen LogP contribution in [0.1, 0.15) is 11.1 Å². The SMILES string of the molecule is Cc1cccc(F)c1CC(O)C(=O)O. The quantitative estimate of drug-likeness (QED) is 0.765. The maximum absolute atomic E-state index is 13.2. The number of aryl methyl sites for hydroxylation is 1. The van der Waals surface area contributed by atoms with E-state index in [1.54, 1.807) is 19.1 Å². The van der Waals surface area contributed by atoms with Crippen molar-refractivity contribution in [3.8, 4) is 0 Å². The van der Waals surface area contributed by atoms with Gasteiger partial charge in [-0.05, 0) is 24.1 Å². The zero-order valence-electron chi connectivity index (χ0n) is 7.70. The summed E-state index contributed by atoms with van der Waals surface area (Å²) in [4.78, 5) is 10.4. The summed E-state index contributed by atoms with van der Waals surface area (Å²) in [6.07, 6.45) is -1.75. The molecule has 0 spiro atoms. The maximum atomic E-state index is 13.2. The van der Waals surface area contributed by atoms with Crippen molar-refractivity contribution in [3.63, 3.8) is 0 Å². The number of aliphatic hydroxyl groups is 1. The number of hydrogen-bond donors (Lipinski definition) is 2. The first-order valence-corrected chi connectivity index (χ1v) is 4.17. The Balaban J connectivity index is 2.91. The second-order valence-corrected chi connectivity index (χ2v) is 3.09. The molecule has 1 aromatic carbocycles. The summed E-state index contributed by atoms with van der Waals surface area (Å²) in [6, 6.07) is 4.46. The third kappa shape index (κ3) is 2.29. The van der Waals surface area contributed by atoms with E-state index in [9.17, 15) is 9.18 Å². The van der Waals surface area contributed by atoms with Crippen molar-refractivity contribution in [2.24, 2.45) is 0 Å². The van der Waals surface area contributed by atoms with Crippen molar-refractivity contribution in [2.45, 2.75) is 19.4 Å². The molecule has 0 aliphatic rings. The zero-order valence-corrected chi connectivity index (χ0v) is 7.70. The molecule has 0 aliphatic heterocycles. The first kappa shape index (κ1) is 10.7. The van der Waals surface area contributed by atoms with Gasteiger partial charge in [-0.2, -0.15) is 0 Å². The van der Waals surface area contributed by atoms with Crippen LogP contribution in [0.2, 0.25) is 0 Å². The summed E-state index contributed by atoms with van der Waals surface area (Å²) in [5, 5.41) is 17.5. The lowest BCUT2D eigenvalue weighted by atomic mass is 10.0. The first-order valence-electron chi connectivity index (χ1n) is 4.17. The molecule has 0 saturated carbocycles. The summed E-state index contributed by atoms with van der Waals surface area (Å²) < 4.78 is 13.2. The van der Waals surface area contributed by atoms with Gasteiger partial charge in [0, 0.05) is 6.42 Å². The second-order valence-electron chi connectivity index (χ2n) is 3.09. The van der Waals surface area contributed by atoms with E-state index in [1.165, 1.54) is 6.07 Å². The number of halogens is 1. The van der Waals surface area contributed by atoms with Crippen LogP contribution in [0.15, 0.2) is 18.2 Å². The Hall–Kier alpha value is -1.42. The predicted octanol–water partition coefficient (Wildman–Crippen LogP) is 1.12. The van der Waals surface area contributed by atoms with Crippen LogP contribution in [-0.2, 0) is 11.2 Å². The van der Waals surface area contributed by atoms with E-state index in [4.69, 9.17) is 10.2 Å². The monoisotopic (exact) mass is 198 g/mol. The van der Waals surface area contributed by atoms with Crippen molar-refractivity contribution < 1.29 is 19.4 Å². The maximum Gasteiger partial charge on any atom is 0.332 e. The fraction of sp³-hybridized carbons (Fsp3) is 0.300. The van der Waals surface area contributed by atoms with Gasteiger partial charge >= 0.3 is 5.97 Å². The molecular weight excluding hydrogens is 187 g/mol. The molecule has 0 aliphatic carbocycles. The molecule has 1 aromatic rings. The van der Waals surface area contributed by atoms with Crippen molar-refractivity contribution in [1.82, 2.24) is 0 Å². The number of benzene rings is 1. The molecule has 14 heavy (non-hydrogen) atoms. The molecule has 0 bridgehead atoms. The van der Waals surface area contributed by atoms with Crippen LogP contribution in [0.25, 0.3) is 0 Å². The van der Waals surface area contributed by atoms with Gasteiger partial charge in [-0.3, -0.25) is 0 Å². The Morgan fingerprint density at radius 3 is 2.71 bits per heavy atom. The molecule has 0 heterocycles. The average Bonchev–Trinajstić information content (AvgIpc) is 2.11. The summed E-state index contributed by atoms with van der Waals surface area (Å²) in [5.74, 6) is -1.82. The molecule has 4 heteroatoms. The molecule has 1 atom stereocenters. The fourth-order valence-electron chi connectivity index (χ4n) is 1.21. The minimum atomic E-state index is -1.55. The highest BCUT2D eigenvalue weighted by Crippen LogP contribution is 2.14. The summed E-state index contributed by atoms with van der Waals surface area (Å²) in [7, 11) is 0. The Morgan fingerprint density at radius 2 is 2.21 bits per heavy atom. The lowest BCUT2D eigenvalue weighted by Gasteiger charge is -2.09. The third-order valence-electron chi connectivity index (χ3n) is 2.04. The molecule has 0 saturated heterocycles. The lowest BCUT2D eigenvalue weighted by Crippen LogP contribution is -2.23. The van der Waals surface area contributed by atoms with Crippen molar-refractivity contribution >= 4 is 5.97 Å². The topological polar surface area (TPSA) is 57.5 Å². The van der Waals surface area contributed by atoms with Gasteiger partial charge in [0.05, 0.1) is 0 Å². The molecule has 76 valence electrons. The van der Waals surface area contributed by atoms with Crippen LogP contribution in [-0.4, -0.2) is 22.3 Å². The number of carboxylic acids is 1. The van der Waals surface area contributed by atoms with Gasteiger partial charge < -0.3 is 10.2 Å². The van der Waals surface area contributed by atoms with Gasteiger partial charge in [0.25, 0.3) is 0 Å². The molecule has 0 fully saturated rings. The zero-order chi connectivity index (χ0) is 10.7. The van der Waals surface area contributed by atoms with Crippen molar-refractivity contribution in [1.29, 1.82) is 0 Å². The van der Waals surface area contributed by atoms with Crippen LogP contribution in [0.4, 0.5) is 4.39 Å². The van der Waals surface area contributed by atoms with E-state index in [-0.39, 0.29) is 12.0 Å². The van der Waals surface area contributed by atoms with E-state index in [1.807, 2.05) is 0 Å². The minimum absolute atomic E-state index is 0.201. The van der Waals surface area contributed by atoms with Gasteiger partial charge in [-0.25, -0.2) is 9.18 Å². The third-order valence-corrected chi connectivity index (χ3v) is 2.04. The lowest BCUT2D eigenvalue weighted by molar-refractivity contribution is -0.146. The number of carbonyl (C=O) groups is 1. The fourth-order valence-corrected chi connectivity index (χ4v) is 1.21. The molecule has 2 N–H and O–H groups in total.